The molecule has 1 rings (SSSR count). The molecule has 96 valence electrons. The first-order chi connectivity index (χ1) is 7.93. The largest absolute Gasteiger partial charge is 0.378 e. The first-order valence-electron chi connectivity index (χ1n) is 7.55. The van der Waals surface area contributed by atoms with Gasteiger partial charge >= 0.3 is 0 Å². The Balaban J connectivity index is 1.65. The van der Waals surface area contributed by atoms with Crippen molar-refractivity contribution in [1.29, 1.82) is 0 Å². The lowest BCUT2D eigenvalue weighted by atomic mass is 10.0. The zero-order valence-corrected chi connectivity index (χ0v) is 11.2. The second-order valence-corrected chi connectivity index (χ2v) is 5.25. The number of rotatable bonds is 11. The maximum absolute atomic E-state index is 5.41. The third-order valence-corrected chi connectivity index (χ3v) is 3.67. The van der Waals surface area contributed by atoms with Crippen LogP contribution in [0.2, 0.25) is 0 Å². The summed E-state index contributed by atoms with van der Waals surface area (Å²) in [5.41, 5.74) is 0. The molecule has 0 bridgehead atoms. The van der Waals surface area contributed by atoms with Crippen molar-refractivity contribution < 1.29 is 4.74 Å². The molecular weight excluding hydrogens is 196 g/mol. The fraction of sp³-hybridized carbons (Fsp3) is 1.00. The molecule has 0 amide bonds. The van der Waals surface area contributed by atoms with Crippen molar-refractivity contribution in [3.63, 3.8) is 0 Å². The van der Waals surface area contributed by atoms with Gasteiger partial charge in [-0.3, -0.25) is 0 Å². The molecule has 16 heavy (non-hydrogen) atoms. The van der Waals surface area contributed by atoms with Crippen LogP contribution in [-0.4, -0.2) is 12.7 Å². The molecule has 1 nitrogen and oxygen atoms in total. The lowest BCUT2D eigenvalue weighted by Gasteiger charge is -2.26. The Morgan fingerprint density at radius 1 is 0.812 bits per heavy atom. The van der Waals surface area contributed by atoms with E-state index in [0.717, 1.165) is 6.61 Å². The fourth-order valence-corrected chi connectivity index (χ4v) is 2.37. The van der Waals surface area contributed by atoms with E-state index < -0.39 is 0 Å². The number of unbranched alkanes of at least 4 members (excludes halogenated alkanes) is 9. The van der Waals surface area contributed by atoms with Gasteiger partial charge in [0, 0.05) is 6.61 Å². The standard InChI is InChI=1S/C15H30O/c1-2-3-4-5-6-7-8-9-10-11-12-15-13-14-16-15/h15H,2-14H2,1H3. The average molecular weight is 226 g/mol. The van der Waals surface area contributed by atoms with Crippen molar-refractivity contribution in [2.75, 3.05) is 6.61 Å². The van der Waals surface area contributed by atoms with Gasteiger partial charge in [-0.25, -0.2) is 0 Å². The van der Waals surface area contributed by atoms with Crippen LogP contribution in [0.25, 0.3) is 0 Å². The van der Waals surface area contributed by atoms with E-state index in [2.05, 4.69) is 6.92 Å². The van der Waals surface area contributed by atoms with E-state index in [4.69, 9.17) is 4.74 Å². The minimum atomic E-state index is 0.633. The van der Waals surface area contributed by atoms with Crippen LogP contribution in [0.15, 0.2) is 0 Å². The van der Waals surface area contributed by atoms with Gasteiger partial charge in [0.05, 0.1) is 6.10 Å². The molecule has 1 unspecified atom stereocenters. The Kier molecular flexibility index (Phi) is 8.88. The minimum absolute atomic E-state index is 0.633. The van der Waals surface area contributed by atoms with Gasteiger partial charge in [0.15, 0.2) is 0 Å². The molecule has 0 N–H and O–H groups in total. The SMILES string of the molecule is CCCCCCCCCCCCC1CCO1. The van der Waals surface area contributed by atoms with Crippen LogP contribution < -0.4 is 0 Å². The highest BCUT2D eigenvalue weighted by atomic mass is 16.5. The maximum Gasteiger partial charge on any atom is 0.0597 e. The first-order valence-corrected chi connectivity index (χ1v) is 7.55. The van der Waals surface area contributed by atoms with Crippen LogP contribution in [0.1, 0.15) is 84.0 Å². The highest BCUT2D eigenvalue weighted by molar-refractivity contribution is 4.65. The number of hydrogen-bond donors (Lipinski definition) is 0. The summed E-state index contributed by atoms with van der Waals surface area (Å²) in [6.07, 6.45) is 17.6. The van der Waals surface area contributed by atoms with Crippen LogP contribution in [0.3, 0.4) is 0 Å². The van der Waals surface area contributed by atoms with Gasteiger partial charge in [-0.05, 0) is 12.8 Å². The summed E-state index contributed by atoms with van der Waals surface area (Å²) in [6, 6.07) is 0. The smallest absolute Gasteiger partial charge is 0.0597 e. The monoisotopic (exact) mass is 226 g/mol. The second kappa shape index (κ2) is 10.1. The van der Waals surface area contributed by atoms with Crippen LogP contribution >= 0.6 is 0 Å². The highest BCUT2D eigenvalue weighted by Crippen LogP contribution is 2.18. The van der Waals surface area contributed by atoms with Crippen LogP contribution in [0, 0.1) is 0 Å². The van der Waals surface area contributed by atoms with Crippen LogP contribution in [-0.2, 0) is 4.74 Å². The lowest BCUT2D eigenvalue weighted by molar-refractivity contribution is -0.0555. The Labute approximate surface area is 102 Å². The second-order valence-electron chi connectivity index (χ2n) is 5.25. The van der Waals surface area contributed by atoms with Gasteiger partial charge in [0.2, 0.25) is 0 Å². The van der Waals surface area contributed by atoms with Crippen molar-refractivity contribution >= 4 is 0 Å². The molecule has 0 aromatic carbocycles. The zero-order valence-electron chi connectivity index (χ0n) is 11.2. The maximum atomic E-state index is 5.41. The van der Waals surface area contributed by atoms with Crippen LogP contribution in [0.4, 0.5) is 0 Å². The van der Waals surface area contributed by atoms with Gasteiger partial charge in [-0.15, -0.1) is 0 Å². The molecule has 0 radical (unpaired) electrons. The predicted molar refractivity (Wildman–Crippen MR) is 70.8 cm³/mol. The summed E-state index contributed by atoms with van der Waals surface area (Å²) >= 11 is 0. The van der Waals surface area contributed by atoms with E-state index in [-0.39, 0.29) is 0 Å². The molecule has 1 saturated heterocycles. The fourth-order valence-electron chi connectivity index (χ4n) is 2.37. The Bertz CT molecular complexity index is 140. The van der Waals surface area contributed by atoms with Crippen LogP contribution in [0.5, 0.6) is 0 Å². The van der Waals surface area contributed by atoms with Crippen molar-refractivity contribution in [3.8, 4) is 0 Å². The van der Waals surface area contributed by atoms with Crippen molar-refractivity contribution in [2.24, 2.45) is 0 Å². The van der Waals surface area contributed by atoms with Gasteiger partial charge in [-0.1, -0.05) is 71.1 Å². The molecule has 1 fully saturated rings. The van der Waals surface area contributed by atoms with E-state index >= 15 is 0 Å². The van der Waals surface area contributed by atoms with E-state index in [9.17, 15) is 0 Å². The molecule has 1 atom stereocenters. The predicted octanol–water partition coefficient (Wildman–Crippen LogP) is 5.09. The van der Waals surface area contributed by atoms with Gasteiger partial charge in [0.25, 0.3) is 0 Å². The van der Waals surface area contributed by atoms with E-state index in [1.54, 1.807) is 0 Å². The van der Waals surface area contributed by atoms with E-state index in [0.29, 0.717) is 6.10 Å². The molecule has 0 aromatic rings. The number of ether oxygens (including phenoxy) is 1. The van der Waals surface area contributed by atoms with E-state index in [1.807, 2.05) is 0 Å². The molecular formula is C15H30O. The van der Waals surface area contributed by atoms with E-state index in [1.165, 1.54) is 77.0 Å². The summed E-state index contributed by atoms with van der Waals surface area (Å²) in [6.45, 7) is 3.30. The first kappa shape index (κ1) is 14.0. The molecule has 0 saturated carbocycles. The quantitative estimate of drug-likeness (QED) is 0.446. The van der Waals surface area contributed by atoms with Crippen molar-refractivity contribution in [1.82, 2.24) is 0 Å². The molecule has 1 heterocycles. The van der Waals surface area contributed by atoms with Gasteiger partial charge < -0.3 is 4.74 Å². The topological polar surface area (TPSA) is 9.23 Å². The van der Waals surface area contributed by atoms with Gasteiger partial charge in [0.1, 0.15) is 0 Å². The molecule has 1 aliphatic rings. The average Bonchev–Trinajstić information content (AvgIpc) is 2.23. The third-order valence-electron chi connectivity index (χ3n) is 3.67. The Morgan fingerprint density at radius 2 is 1.31 bits per heavy atom. The highest BCUT2D eigenvalue weighted by Gasteiger charge is 2.16. The van der Waals surface area contributed by atoms with Crippen molar-refractivity contribution in [2.45, 2.75) is 90.1 Å². The summed E-state index contributed by atoms with van der Waals surface area (Å²) in [4.78, 5) is 0. The van der Waals surface area contributed by atoms with Crippen molar-refractivity contribution in [3.05, 3.63) is 0 Å². The molecule has 0 aromatic heterocycles. The number of hydrogen-bond acceptors (Lipinski definition) is 1. The van der Waals surface area contributed by atoms with Gasteiger partial charge in [-0.2, -0.15) is 0 Å². The third kappa shape index (κ3) is 7.27. The molecule has 0 spiro atoms. The summed E-state index contributed by atoms with van der Waals surface area (Å²) in [5.74, 6) is 0. The lowest BCUT2D eigenvalue weighted by Crippen LogP contribution is -2.26. The summed E-state index contributed by atoms with van der Waals surface area (Å²) in [5, 5.41) is 0. The Hall–Kier alpha value is -0.0400. The summed E-state index contributed by atoms with van der Waals surface area (Å²) < 4.78 is 5.41. The Morgan fingerprint density at radius 3 is 1.75 bits per heavy atom. The molecule has 1 aliphatic heterocycles. The molecule has 1 heteroatoms. The molecule has 0 aliphatic carbocycles. The normalized spacial score (nSPS) is 19.7. The zero-order chi connectivity index (χ0) is 11.5. The summed E-state index contributed by atoms with van der Waals surface area (Å²) in [7, 11) is 0. The minimum Gasteiger partial charge on any atom is -0.378 e.